The number of rotatable bonds is 4. The molecule has 0 radical (unpaired) electrons. The number of nitrogens with zero attached hydrogens (tertiary/aromatic N) is 1. The lowest BCUT2D eigenvalue weighted by molar-refractivity contribution is -0.137. The van der Waals surface area contributed by atoms with Crippen LogP contribution < -0.4 is 4.74 Å². The lowest BCUT2D eigenvalue weighted by atomic mass is 10.1. The smallest absolute Gasteiger partial charge is 0.417 e. The zero-order valence-electron chi connectivity index (χ0n) is 10.4. The molecule has 1 heterocycles. The Bertz CT molecular complexity index is 550. The van der Waals surface area contributed by atoms with Gasteiger partial charge in [0.1, 0.15) is 5.75 Å². The van der Waals surface area contributed by atoms with Crippen LogP contribution in [0, 0.1) is 0 Å². The Morgan fingerprint density at radius 1 is 1.05 bits per heavy atom. The van der Waals surface area contributed by atoms with E-state index in [-0.39, 0.29) is 12.5 Å². The topological polar surface area (TPSA) is 42.4 Å². The summed E-state index contributed by atoms with van der Waals surface area (Å²) in [5.41, 5.74) is 0.128. The highest BCUT2D eigenvalue weighted by Gasteiger charge is 2.30. The third kappa shape index (κ3) is 3.71. The Balaban J connectivity index is 2.06. The van der Waals surface area contributed by atoms with Crippen LogP contribution in [0.15, 0.2) is 42.6 Å². The summed E-state index contributed by atoms with van der Waals surface area (Å²) in [7, 11) is 0. The molecule has 2 aromatic rings. The highest BCUT2D eigenvalue weighted by molar-refractivity contribution is 5.31. The van der Waals surface area contributed by atoms with Crippen LogP contribution in [0.5, 0.6) is 11.6 Å². The monoisotopic (exact) mass is 283 g/mol. The summed E-state index contributed by atoms with van der Waals surface area (Å²) in [6.07, 6.45) is -3.13. The maximum absolute atomic E-state index is 12.4. The maximum Gasteiger partial charge on any atom is 0.417 e. The van der Waals surface area contributed by atoms with Crippen LogP contribution >= 0.6 is 0 Å². The molecule has 0 amide bonds. The Labute approximate surface area is 113 Å². The van der Waals surface area contributed by atoms with Gasteiger partial charge < -0.3 is 9.84 Å². The number of benzene rings is 1. The van der Waals surface area contributed by atoms with E-state index in [0.29, 0.717) is 12.2 Å². The van der Waals surface area contributed by atoms with E-state index in [1.165, 1.54) is 6.07 Å². The van der Waals surface area contributed by atoms with Gasteiger partial charge in [0.2, 0.25) is 5.88 Å². The van der Waals surface area contributed by atoms with Crippen LogP contribution in [0.3, 0.4) is 0 Å². The molecule has 3 nitrogen and oxygen atoms in total. The highest BCUT2D eigenvalue weighted by atomic mass is 19.4. The van der Waals surface area contributed by atoms with Crippen molar-refractivity contribution in [3.8, 4) is 11.6 Å². The molecule has 0 saturated heterocycles. The Morgan fingerprint density at radius 2 is 1.75 bits per heavy atom. The van der Waals surface area contributed by atoms with Gasteiger partial charge in [-0.3, -0.25) is 0 Å². The number of hydrogen-bond donors (Lipinski definition) is 1. The first-order valence-electron chi connectivity index (χ1n) is 5.90. The predicted octanol–water partition coefficient (Wildman–Crippen LogP) is 3.43. The number of alkyl halides is 3. The van der Waals surface area contributed by atoms with E-state index in [4.69, 9.17) is 9.84 Å². The summed E-state index contributed by atoms with van der Waals surface area (Å²) >= 11 is 0. The van der Waals surface area contributed by atoms with E-state index in [9.17, 15) is 13.2 Å². The van der Waals surface area contributed by atoms with Crippen LogP contribution in [-0.2, 0) is 12.6 Å². The number of hydrogen-bond acceptors (Lipinski definition) is 3. The fraction of sp³-hybridized carbons (Fsp3) is 0.214. The lowest BCUT2D eigenvalue weighted by Gasteiger charge is -2.08. The molecular formula is C14H12F3NO2. The van der Waals surface area contributed by atoms with E-state index in [2.05, 4.69) is 4.98 Å². The van der Waals surface area contributed by atoms with Crippen molar-refractivity contribution in [2.75, 3.05) is 6.61 Å². The third-order valence-corrected chi connectivity index (χ3v) is 2.61. The molecular weight excluding hydrogens is 271 g/mol. The largest absolute Gasteiger partial charge is 0.439 e. The normalized spacial score (nSPS) is 11.4. The third-order valence-electron chi connectivity index (χ3n) is 2.61. The molecule has 1 N–H and O–H groups in total. The average molecular weight is 283 g/mol. The molecule has 0 aliphatic heterocycles. The second-order valence-electron chi connectivity index (χ2n) is 4.10. The summed E-state index contributed by atoms with van der Waals surface area (Å²) in [5, 5.41) is 8.78. The average Bonchev–Trinajstić information content (AvgIpc) is 2.41. The number of aliphatic hydroxyl groups excluding tert-OH is 1. The van der Waals surface area contributed by atoms with Crippen molar-refractivity contribution in [1.82, 2.24) is 4.98 Å². The molecule has 20 heavy (non-hydrogen) atoms. The molecule has 0 aliphatic carbocycles. The summed E-state index contributed by atoms with van der Waals surface area (Å²) in [4.78, 5) is 3.62. The van der Waals surface area contributed by atoms with Crippen molar-refractivity contribution < 1.29 is 23.0 Å². The zero-order valence-corrected chi connectivity index (χ0v) is 10.4. The van der Waals surface area contributed by atoms with Gasteiger partial charge in [-0.2, -0.15) is 13.2 Å². The van der Waals surface area contributed by atoms with Crippen LogP contribution in [0.1, 0.15) is 11.1 Å². The number of aliphatic hydroxyl groups is 1. The minimum atomic E-state index is -4.41. The second kappa shape index (κ2) is 5.92. The number of pyridine rings is 1. The Hall–Kier alpha value is -2.08. The van der Waals surface area contributed by atoms with Crippen molar-refractivity contribution in [1.29, 1.82) is 0 Å². The van der Waals surface area contributed by atoms with Gasteiger partial charge in [0.25, 0.3) is 0 Å². The molecule has 6 heteroatoms. The van der Waals surface area contributed by atoms with Gasteiger partial charge >= 0.3 is 6.18 Å². The SMILES string of the molecule is OCCc1ccc(Oc2ccc(C(F)(F)F)cn2)cc1. The highest BCUT2D eigenvalue weighted by Crippen LogP contribution is 2.30. The molecule has 106 valence electrons. The van der Waals surface area contributed by atoms with Gasteiger partial charge in [0.05, 0.1) is 5.56 Å². The first-order chi connectivity index (χ1) is 9.49. The molecule has 1 aromatic carbocycles. The lowest BCUT2D eigenvalue weighted by Crippen LogP contribution is -2.05. The Kier molecular flexibility index (Phi) is 4.24. The molecule has 0 unspecified atom stereocenters. The van der Waals surface area contributed by atoms with Crippen molar-refractivity contribution in [3.05, 3.63) is 53.7 Å². The molecule has 0 bridgehead atoms. The van der Waals surface area contributed by atoms with Crippen molar-refractivity contribution >= 4 is 0 Å². The van der Waals surface area contributed by atoms with E-state index in [1.807, 2.05) is 0 Å². The first kappa shape index (κ1) is 14.3. The summed E-state index contributed by atoms with van der Waals surface area (Å²) in [5.74, 6) is 0.562. The van der Waals surface area contributed by atoms with Gasteiger partial charge in [0, 0.05) is 18.9 Å². The fourth-order valence-corrected chi connectivity index (χ4v) is 1.58. The van der Waals surface area contributed by atoms with Crippen molar-refractivity contribution in [2.45, 2.75) is 12.6 Å². The second-order valence-corrected chi connectivity index (χ2v) is 4.10. The van der Waals surface area contributed by atoms with Crippen LogP contribution in [0.2, 0.25) is 0 Å². The van der Waals surface area contributed by atoms with Gasteiger partial charge in [0.15, 0.2) is 0 Å². The van der Waals surface area contributed by atoms with E-state index >= 15 is 0 Å². The minimum absolute atomic E-state index is 0.0562. The van der Waals surface area contributed by atoms with Crippen LogP contribution in [-0.4, -0.2) is 16.7 Å². The van der Waals surface area contributed by atoms with Gasteiger partial charge in [-0.25, -0.2) is 4.98 Å². The van der Waals surface area contributed by atoms with Crippen LogP contribution in [0.25, 0.3) is 0 Å². The molecule has 1 aromatic heterocycles. The maximum atomic E-state index is 12.4. The zero-order chi connectivity index (χ0) is 14.6. The summed E-state index contributed by atoms with van der Waals surface area (Å²) in [6.45, 7) is 0.0562. The fourth-order valence-electron chi connectivity index (χ4n) is 1.58. The molecule has 0 atom stereocenters. The summed E-state index contributed by atoms with van der Waals surface area (Å²) in [6, 6.07) is 8.98. The van der Waals surface area contributed by atoms with Crippen molar-refractivity contribution in [2.24, 2.45) is 0 Å². The van der Waals surface area contributed by atoms with Crippen molar-refractivity contribution in [3.63, 3.8) is 0 Å². The number of ether oxygens (including phenoxy) is 1. The molecule has 0 fully saturated rings. The Morgan fingerprint density at radius 3 is 2.25 bits per heavy atom. The quantitative estimate of drug-likeness (QED) is 0.934. The van der Waals surface area contributed by atoms with E-state index in [1.54, 1.807) is 24.3 Å². The molecule has 2 rings (SSSR count). The standard InChI is InChI=1S/C14H12F3NO2/c15-14(16,17)11-3-6-13(18-9-11)20-12-4-1-10(2-5-12)7-8-19/h1-6,9,19H,7-8H2. The van der Waals surface area contributed by atoms with E-state index in [0.717, 1.165) is 17.8 Å². The van der Waals surface area contributed by atoms with Crippen LogP contribution in [0.4, 0.5) is 13.2 Å². The minimum Gasteiger partial charge on any atom is -0.439 e. The molecule has 0 saturated carbocycles. The molecule has 0 aliphatic rings. The van der Waals surface area contributed by atoms with Gasteiger partial charge in [-0.05, 0) is 30.2 Å². The summed E-state index contributed by atoms with van der Waals surface area (Å²) < 4.78 is 42.4. The predicted molar refractivity (Wildman–Crippen MR) is 66.5 cm³/mol. The first-order valence-corrected chi connectivity index (χ1v) is 5.90. The van der Waals surface area contributed by atoms with Gasteiger partial charge in [-0.1, -0.05) is 12.1 Å². The molecule has 0 spiro atoms. The number of halogens is 3. The number of aromatic nitrogens is 1. The van der Waals surface area contributed by atoms with E-state index < -0.39 is 11.7 Å². The van der Waals surface area contributed by atoms with Gasteiger partial charge in [-0.15, -0.1) is 0 Å².